The van der Waals surface area contributed by atoms with Gasteiger partial charge in [0, 0.05) is 37.7 Å². The summed E-state index contributed by atoms with van der Waals surface area (Å²) in [5.74, 6) is 2.22. The number of nitrogens with zero attached hydrogens (tertiary/aromatic N) is 1. The van der Waals surface area contributed by atoms with Crippen LogP contribution in [0.15, 0.2) is 41.3 Å². The van der Waals surface area contributed by atoms with E-state index in [2.05, 4.69) is 0 Å². The third-order valence-corrected chi connectivity index (χ3v) is 6.11. The van der Waals surface area contributed by atoms with E-state index in [0.717, 1.165) is 12.0 Å². The Kier molecular flexibility index (Phi) is 5.76. The zero-order valence-corrected chi connectivity index (χ0v) is 16.4. The van der Waals surface area contributed by atoms with Gasteiger partial charge in [-0.25, -0.2) is 8.42 Å². The average Bonchev–Trinajstić information content (AvgIpc) is 2.92. The molecular formula is C19H23NO6S. The summed E-state index contributed by atoms with van der Waals surface area (Å²) in [7, 11) is 0.920. The quantitative estimate of drug-likeness (QED) is 0.751. The first kappa shape index (κ1) is 19.3. The SMILES string of the molecule is COc1ccc(CN(C)S(=O)(=O)c2ccc3c(c2)OCCCO3)c(OC)c1. The third-order valence-electron chi connectivity index (χ3n) is 4.31. The minimum Gasteiger partial charge on any atom is -0.497 e. The number of rotatable bonds is 6. The van der Waals surface area contributed by atoms with Gasteiger partial charge in [0.2, 0.25) is 10.0 Å². The molecule has 146 valence electrons. The highest BCUT2D eigenvalue weighted by atomic mass is 32.2. The zero-order valence-electron chi connectivity index (χ0n) is 15.6. The lowest BCUT2D eigenvalue weighted by Gasteiger charge is -2.20. The molecule has 0 amide bonds. The third kappa shape index (κ3) is 4.12. The monoisotopic (exact) mass is 393 g/mol. The molecule has 7 nitrogen and oxygen atoms in total. The summed E-state index contributed by atoms with van der Waals surface area (Å²) in [5.41, 5.74) is 0.735. The van der Waals surface area contributed by atoms with Gasteiger partial charge in [-0.05, 0) is 18.2 Å². The van der Waals surface area contributed by atoms with E-state index in [1.54, 1.807) is 31.4 Å². The Morgan fingerprint density at radius 2 is 1.74 bits per heavy atom. The highest BCUT2D eigenvalue weighted by Crippen LogP contribution is 2.33. The highest BCUT2D eigenvalue weighted by molar-refractivity contribution is 7.89. The number of fused-ring (bicyclic) bond motifs is 1. The molecule has 0 saturated heterocycles. The molecule has 8 heteroatoms. The standard InChI is InChI=1S/C19H23NO6S/c1-20(13-14-5-6-15(23-2)11-18(14)24-3)27(21,22)16-7-8-17-19(12-16)26-10-4-9-25-17/h5-8,11-12H,4,9-10,13H2,1-3H3. The molecule has 1 heterocycles. The van der Waals surface area contributed by atoms with Gasteiger partial charge in [0.05, 0.1) is 32.3 Å². The lowest BCUT2D eigenvalue weighted by molar-refractivity contribution is 0.297. The Morgan fingerprint density at radius 1 is 1.00 bits per heavy atom. The van der Waals surface area contributed by atoms with Crippen molar-refractivity contribution in [1.82, 2.24) is 4.31 Å². The summed E-state index contributed by atoms with van der Waals surface area (Å²) >= 11 is 0. The van der Waals surface area contributed by atoms with E-state index in [9.17, 15) is 8.42 Å². The Labute approximate surface area is 159 Å². The maximum absolute atomic E-state index is 13.0. The van der Waals surface area contributed by atoms with Crippen molar-refractivity contribution in [3.8, 4) is 23.0 Å². The van der Waals surface area contributed by atoms with Crippen molar-refractivity contribution < 1.29 is 27.4 Å². The van der Waals surface area contributed by atoms with Gasteiger partial charge in [-0.3, -0.25) is 0 Å². The number of sulfonamides is 1. The molecule has 0 aromatic heterocycles. The topological polar surface area (TPSA) is 74.3 Å². The molecular weight excluding hydrogens is 370 g/mol. The molecule has 0 fully saturated rings. The lowest BCUT2D eigenvalue weighted by atomic mass is 10.2. The second-order valence-corrected chi connectivity index (χ2v) is 8.14. The van der Waals surface area contributed by atoms with Crippen LogP contribution < -0.4 is 18.9 Å². The van der Waals surface area contributed by atoms with E-state index >= 15 is 0 Å². The van der Waals surface area contributed by atoms with Crippen LogP contribution in [-0.2, 0) is 16.6 Å². The highest BCUT2D eigenvalue weighted by Gasteiger charge is 2.24. The largest absolute Gasteiger partial charge is 0.497 e. The molecule has 27 heavy (non-hydrogen) atoms. The predicted molar refractivity (Wildman–Crippen MR) is 100 cm³/mol. The zero-order chi connectivity index (χ0) is 19.4. The lowest BCUT2D eigenvalue weighted by Crippen LogP contribution is -2.26. The Hall–Kier alpha value is -2.45. The van der Waals surface area contributed by atoms with Gasteiger partial charge in [0.15, 0.2) is 11.5 Å². The van der Waals surface area contributed by atoms with Crippen LogP contribution in [0.5, 0.6) is 23.0 Å². The number of methoxy groups -OCH3 is 2. The maximum Gasteiger partial charge on any atom is 0.243 e. The van der Waals surface area contributed by atoms with Crippen molar-refractivity contribution in [2.45, 2.75) is 17.9 Å². The van der Waals surface area contributed by atoms with Crippen molar-refractivity contribution in [2.24, 2.45) is 0 Å². The van der Waals surface area contributed by atoms with Crippen LogP contribution in [0.1, 0.15) is 12.0 Å². The summed E-state index contributed by atoms with van der Waals surface area (Å²) in [6.45, 7) is 1.20. The van der Waals surface area contributed by atoms with Gasteiger partial charge in [-0.15, -0.1) is 0 Å². The van der Waals surface area contributed by atoms with Crippen LogP contribution >= 0.6 is 0 Å². The maximum atomic E-state index is 13.0. The normalized spacial score (nSPS) is 13.9. The van der Waals surface area contributed by atoms with Crippen LogP contribution in [0.2, 0.25) is 0 Å². The molecule has 2 aromatic carbocycles. The van der Waals surface area contributed by atoms with Crippen molar-refractivity contribution in [1.29, 1.82) is 0 Å². The van der Waals surface area contributed by atoms with E-state index in [4.69, 9.17) is 18.9 Å². The van der Waals surface area contributed by atoms with Gasteiger partial charge < -0.3 is 18.9 Å². The van der Waals surface area contributed by atoms with Gasteiger partial charge >= 0.3 is 0 Å². The fourth-order valence-electron chi connectivity index (χ4n) is 2.79. The molecule has 2 aromatic rings. The second-order valence-electron chi connectivity index (χ2n) is 6.10. The summed E-state index contributed by atoms with van der Waals surface area (Å²) in [4.78, 5) is 0.154. The minimum absolute atomic E-state index is 0.154. The van der Waals surface area contributed by atoms with Gasteiger partial charge in [-0.1, -0.05) is 6.07 Å². The number of hydrogen-bond donors (Lipinski definition) is 0. The Balaban J connectivity index is 1.86. The fraction of sp³-hybridized carbons (Fsp3) is 0.368. The second kappa shape index (κ2) is 8.06. The van der Waals surface area contributed by atoms with E-state index in [-0.39, 0.29) is 11.4 Å². The number of ether oxygens (including phenoxy) is 4. The predicted octanol–water partition coefficient (Wildman–Crippen LogP) is 2.69. The molecule has 0 unspecified atom stereocenters. The molecule has 0 N–H and O–H groups in total. The van der Waals surface area contributed by atoms with Crippen molar-refractivity contribution >= 4 is 10.0 Å². The van der Waals surface area contributed by atoms with E-state index in [0.29, 0.717) is 36.2 Å². The summed E-state index contributed by atoms with van der Waals surface area (Å²) in [6.07, 6.45) is 0.758. The summed E-state index contributed by atoms with van der Waals surface area (Å²) in [5, 5.41) is 0. The minimum atomic E-state index is -3.71. The number of hydrogen-bond acceptors (Lipinski definition) is 6. The van der Waals surface area contributed by atoms with Crippen molar-refractivity contribution in [3.05, 3.63) is 42.0 Å². The molecule has 0 spiro atoms. The first-order valence-corrected chi connectivity index (χ1v) is 9.96. The first-order valence-electron chi connectivity index (χ1n) is 8.52. The smallest absolute Gasteiger partial charge is 0.243 e. The van der Waals surface area contributed by atoms with Gasteiger partial charge in [0.25, 0.3) is 0 Å². The summed E-state index contributed by atoms with van der Waals surface area (Å²) in [6, 6.07) is 9.96. The van der Waals surface area contributed by atoms with Crippen LogP contribution in [-0.4, -0.2) is 47.2 Å². The fourth-order valence-corrected chi connectivity index (χ4v) is 3.96. The van der Waals surface area contributed by atoms with Crippen molar-refractivity contribution in [3.63, 3.8) is 0 Å². The molecule has 0 saturated carbocycles. The van der Waals surface area contributed by atoms with Gasteiger partial charge in [-0.2, -0.15) is 4.31 Å². The molecule has 0 atom stereocenters. The molecule has 1 aliphatic rings. The van der Waals surface area contributed by atoms with Crippen LogP contribution in [0, 0.1) is 0 Å². The molecule has 1 aliphatic heterocycles. The Morgan fingerprint density at radius 3 is 2.44 bits per heavy atom. The van der Waals surface area contributed by atoms with Crippen LogP contribution in [0.25, 0.3) is 0 Å². The Bertz CT molecular complexity index is 912. The number of benzene rings is 2. The molecule has 0 aliphatic carbocycles. The van der Waals surface area contributed by atoms with Gasteiger partial charge in [0.1, 0.15) is 11.5 Å². The molecule has 0 radical (unpaired) electrons. The van der Waals surface area contributed by atoms with Crippen molar-refractivity contribution in [2.75, 3.05) is 34.5 Å². The molecule has 0 bridgehead atoms. The van der Waals surface area contributed by atoms with E-state index < -0.39 is 10.0 Å². The molecule has 3 rings (SSSR count). The van der Waals surface area contributed by atoms with Crippen LogP contribution in [0.3, 0.4) is 0 Å². The summed E-state index contributed by atoms with van der Waals surface area (Å²) < 4.78 is 49.0. The average molecular weight is 393 g/mol. The van der Waals surface area contributed by atoms with E-state index in [1.807, 2.05) is 0 Å². The first-order chi connectivity index (χ1) is 13.0. The van der Waals surface area contributed by atoms with E-state index in [1.165, 1.54) is 30.6 Å². The van der Waals surface area contributed by atoms with Crippen LogP contribution in [0.4, 0.5) is 0 Å².